The molecule has 12 heavy (non-hydrogen) atoms. The minimum absolute atomic E-state index is 0.822. The van der Waals surface area contributed by atoms with Crippen LogP contribution in [0.4, 0.5) is 0 Å². The number of thiophene rings is 1. The van der Waals surface area contributed by atoms with Crippen molar-refractivity contribution in [1.29, 1.82) is 0 Å². The summed E-state index contributed by atoms with van der Waals surface area (Å²) in [5, 5.41) is 2.02. The summed E-state index contributed by atoms with van der Waals surface area (Å²) < 4.78 is 0. The van der Waals surface area contributed by atoms with Crippen molar-refractivity contribution in [2.45, 2.75) is 6.92 Å². The molecule has 1 heterocycles. The van der Waals surface area contributed by atoms with E-state index in [9.17, 15) is 0 Å². The molecule has 0 N–H and O–H groups in total. The van der Waals surface area contributed by atoms with E-state index in [1.165, 1.54) is 0 Å². The largest absolute Gasteiger partial charge is 0.256 e. The lowest BCUT2D eigenvalue weighted by Crippen LogP contribution is -1.71. The first-order valence-corrected chi connectivity index (χ1v) is 4.60. The Morgan fingerprint density at radius 1 is 1.67 bits per heavy atom. The fourth-order valence-electron chi connectivity index (χ4n) is 0.725. The van der Waals surface area contributed by atoms with Gasteiger partial charge in [0.15, 0.2) is 0 Å². The zero-order valence-corrected chi connectivity index (χ0v) is 7.84. The molecule has 2 heteroatoms. The Balaban J connectivity index is 2.61. The van der Waals surface area contributed by atoms with Crippen LogP contribution in [0.1, 0.15) is 11.8 Å². The van der Waals surface area contributed by atoms with Gasteiger partial charge in [-0.05, 0) is 24.4 Å². The molecular formula is C10H11NS. The predicted octanol–water partition coefficient (Wildman–Crippen LogP) is 3.37. The molecule has 1 aromatic rings. The molecular weight excluding hydrogens is 166 g/mol. The number of aliphatic imine (C=N–C) groups is 1. The van der Waals surface area contributed by atoms with Gasteiger partial charge in [0.1, 0.15) is 0 Å². The van der Waals surface area contributed by atoms with Crippen molar-refractivity contribution in [1.82, 2.24) is 0 Å². The van der Waals surface area contributed by atoms with Crippen LogP contribution < -0.4 is 0 Å². The number of allylic oxidation sites excluding steroid dienone is 2. The fourth-order valence-corrected chi connectivity index (χ4v) is 1.38. The molecule has 0 bridgehead atoms. The highest BCUT2D eigenvalue weighted by atomic mass is 32.1. The molecule has 0 aromatic carbocycles. The van der Waals surface area contributed by atoms with E-state index in [1.54, 1.807) is 17.6 Å². The maximum atomic E-state index is 4.16. The standard InChI is InChI=1S/C10H11NS/c1-3-4-7-11-9(2)10-6-5-8-12-10/h3-8H,2H2,1H3/b4-3-,11-7-. The van der Waals surface area contributed by atoms with E-state index >= 15 is 0 Å². The van der Waals surface area contributed by atoms with Gasteiger partial charge in [0.05, 0.1) is 10.6 Å². The first-order chi connectivity index (χ1) is 5.84. The van der Waals surface area contributed by atoms with Crippen molar-refractivity contribution < 1.29 is 0 Å². The Labute approximate surface area is 76.8 Å². The Morgan fingerprint density at radius 2 is 2.50 bits per heavy atom. The maximum Gasteiger partial charge on any atom is 0.0729 e. The average molecular weight is 177 g/mol. The van der Waals surface area contributed by atoms with Crippen LogP contribution in [-0.4, -0.2) is 6.21 Å². The second-order valence-corrected chi connectivity index (χ2v) is 3.18. The van der Waals surface area contributed by atoms with E-state index in [0.29, 0.717) is 0 Å². The summed E-state index contributed by atoms with van der Waals surface area (Å²) in [6, 6.07) is 4.01. The monoisotopic (exact) mass is 177 g/mol. The molecule has 1 aromatic heterocycles. The lowest BCUT2D eigenvalue weighted by atomic mass is 10.4. The fraction of sp³-hybridized carbons (Fsp3) is 0.100. The zero-order chi connectivity index (χ0) is 8.81. The molecule has 0 unspecified atom stereocenters. The molecule has 0 fully saturated rings. The van der Waals surface area contributed by atoms with Gasteiger partial charge in [0, 0.05) is 6.21 Å². The third-order valence-corrected chi connectivity index (χ3v) is 2.23. The van der Waals surface area contributed by atoms with Crippen LogP contribution in [0.3, 0.4) is 0 Å². The second-order valence-electron chi connectivity index (χ2n) is 2.23. The van der Waals surface area contributed by atoms with Gasteiger partial charge in [0.25, 0.3) is 0 Å². The quantitative estimate of drug-likeness (QED) is 0.628. The van der Waals surface area contributed by atoms with Crippen LogP contribution in [0, 0.1) is 0 Å². The third-order valence-electron chi connectivity index (χ3n) is 1.31. The predicted molar refractivity (Wildman–Crippen MR) is 56.7 cm³/mol. The Bertz CT molecular complexity index is 294. The Hall–Kier alpha value is -1.15. The normalized spacial score (nSPS) is 11.4. The number of hydrogen-bond acceptors (Lipinski definition) is 2. The van der Waals surface area contributed by atoms with Gasteiger partial charge in [-0.2, -0.15) is 0 Å². The van der Waals surface area contributed by atoms with E-state index in [2.05, 4.69) is 11.6 Å². The molecule has 0 amide bonds. The average Bonchev–Trinajstić information content (AvgIpc) is 2.56. The van der Waals surface area contributed by atoms with Crippen molar-refractivity contribution in [2.24, 2.45) is 4.99 Å². The second kappa shape index (κ2) is 4.67. The zero-order valence-electron chi connectivity index (χ0n) is 7.03. The van der Waals surface area contributed by atoms with Gasteiger partial charge in [-0.15, -0.1) is 11.3 Å². The van der Waals surface area contributed by atoms with Crippen LogP contribution in [0.25, 0.3) is 5.70 Å². The van der Waals surface area contributed by atoms with Crippen molar-refractivity contribution in [2.75, 3.05) is 0 Å². The lowest BCUT2D eigenvalue weighted by Gasteiger charge is -1.90. The molecule has 1 rings (SSSR count). The van der Waals surface area contributed by atoms with Gasteiger partial charge in [-0.1, -0.05) is 18.7 Å². The van der Waals surface area contributed by atoms with E-state index in [0.717, 1.165) is 10.6 Å². The minimum atomic E-state index is 0.822. The highest BCUT2D eigenvalue weighted by Gasteiger charge is 1.94. The highest BCUT2D eigenvalue weighted by Crippen LogP contribution is 2.18. The van der Waals surface area contributed by atoms with Gasteiger partial charge >= 0.3 is 0 Å². The van der Waals surface area contributed by atoms with Gasteiger partial charge in [0.2, 0.25) is 0 Å². The molecule has 1 nitrogen and oxygen atoms in total. The van der Waals surface area contributed by atoms with E-state index in [-0.39, 0.29) is 0 Å². The summed E-state index contributed by atoms with van der Waals surface area (Å²) >= 11 is 1.65. The first-order valence-electron chi connectivity index (χ1n) is 3.72. The summed E-state index contributed by atoms with van der Waals surface area (Å²) in [7, 11) is 0. The number of rotatable bonds is 3. The van der Waals surface area contributed by atoms with Crippen LogP contribution in [0.5, 0.6) is 0 Å². The molecule has 0 atom stereocenters. The summed E-state index contributed by atoms with van der Waals surface area (Å²) in [5.74, 6) is 0. The topological polar surface area (TPSA) is 12.4 Å². The highest BCUT2D eigenvalue weighted by molar-refractivity contribution is 7.11. The van der Waals surface area contributed by atoms with Crippen LogP contribution >= 0.6 is 11.3 Å². The van der Waals surface area contributed by atoms with Crippen LogP contribution in [0.2, 0.25) is 0 Å². The van der Waals surface area contributed by atoms with E-state index < -0.39 is 0 Å². The van der Waals surface area contributed by atoms with Gasteiger partial charge in [-0.25, -0.2) is 0 Å². The number of nitrogens with zero attached hydrogens (tertiary/aromatic N) is 1. The van der Waals surface area contributed by atoms with Gasteiger partial charge < -0.3 is 0 Å². The molecule has 0 aliphatic heterocycles. The van der Waals surface area contributed by atoms with Crippen molar-refractivity contribution in [3.8, 4) is 0 Å². The van der Waals surface area contributed by atoms with Gasteiger partial charge in [-0.3, -0.25) is 4.99 Å². The summed E-state index contributed by atoms with van der Waals surface area (Å²) in [4.78, 5) is 5.28. The Morgan fingerprint density at radius 3 is 3.08 bits per heavy atom. The maximum absolute atomic E-state index is 4.16. The SMILES string of the molecule is C=C(/N=C\C=C/C)c1cccs1. The van der Waals surface area contributed by atoms with Crippen LogP contribution in [-0.2, 0) is 0 Å². The molecule has 0 saturated heterocycles. The summed E-state index contributed by atoms with van der Waals surface area (Å²) in [5.41, 5.74) is 0.822. The molecule has 0 aliphatic carbocycles. The van der Waals surface area contributed by atoms with E-state index in [1.807, 2.05) is 36.6 Å². The van der Waals surface area contributed by atoms with E-state index in [4.69, 9.17) is 0 Å². The summed E-state index contributed by atoms with van der Waals surface area (Å²) in [6.45, 7) is 5.81. The number of hydrogen-bond donors (Lipinski definition) is 0. The Kier molecular flexibility index (Phi) is 3.48. The molecule has 0 spiro atoms. The van der Waals surface area contributed by atoms with Crippen molar-refractivity contribution >= 4 is 23.2 Å². The molecule has 0 aliphatic rings. The van der Waals surface area contributed by atoms with Crippen LogP contribution in [0.15, 0.2) is 41.2 Å². The summed E-state index contributed by atoms with van der Waals surface area (Å²) in [6.07, 6.45) is 5.58. The molecule has 62 valence electrons. The van der Waals surface area contributed by atoms with Crippen molar-refractivity contribution in [3.63, 3.8) is 0 Å². The molecule has 0 radical (unpaired) electrons. The van der Waals surface area contributed by atoms with Crippen molar-refractivity contribution in [3.05, 3.63) is 41.1 Å². The third kappa shape index (κ3) is 2.47. The smallest absolute Gasteiger partial charge is 0.0729 e. The lowest BCUT2D eigenvalue weighted by molar-refractivity contribution is 1.62. The molecule has 0 saturated carbocycles. The first kappa shape index (κ1) is 8.94. The minimum Gasteiger partial charge on any atom is -0.256 e.